The standard InChI is InChI=1S/C10H6F9NO2/c1-5(4-20)6(21)22-3-2-7(11,12)8(13,14)9(15,16)10(17,18)19/h1-3H2. The van der Waals surface area contributed by atoms with Gasteiger partial charge in [0.1, 0.15) is 11.6 Å². The van der Waals surface area contributed by atoms with Crippen molar-refractivity contribution >= 4 is 5.97 Å². The Bertz CT molecular complexity index is 490. The molecule has 0 aliphatic heterocycles. The van der Waals surface area contributed by atoms with Gasteiger partial charge in [-0.15, -0.1) is 0 Å². The Kier molecular flexibility index (Phi) is 5.52. The first-order valence-electron chi connectivity index (χ1n) is 5.08. The lowest BCUT2D eigenvalue weighted by Crippen LogP contribution is -2.61. The van der Waals surface area contributed by atoms with Crippen LogP contribution in [0.2, 0.25) is 0 Å². The Balaban J connectivity index is 5.05. The Morgan fingerprint density at radius 1 is 1.00 bits per heavy atom. The number of halogens is 9. The van der Waals surface area contributed by atoms with Gasteiger partial charge in [-0.25, -0.2) is 4.79 Å². The number of hydrogen-bond acceptors (Lipinski definition) is 3. The number of carbonyl (C=O) groups is 1. The number of alkyl halides is 9. The molecule has 0 atom stereocenters. The highest BCUT2D eigenvalue weighted by molar-refractivity contribution is 5.91. The molecule has 126 valence electrons. The number of hydrogen-bond donors (Lipinski definition) is 0. The van der Waals surface area contributed by atoms with Crippen molar-refractivity contribution in [3.8, 4) is 6.07 Å². The van der Waals surface area contributed by atoms with Crippen LogP contribution < -0.4 is 0 Å². The van der Waals surface area contributed by atoms with E-state index in [4.69, 9.17) is 5.26 Å². The minimum Gasteiger partial charge on any atom is -0.461 e. The summed E-state index contributed by atoms with van der Waals surface area (Å²) in [5, 5.41) is 8.15. The molecule has 0 aromatic carbocycles. The van der Waals surface area contributed by atoms with Gasteiger partial charge in [-0.1, -0.05) is 6.58 Å². The molecule has 0 saturated heterocycles. The third kappa shape index (κ3) is 3.63. The maximum atomic E-state index is 13.0. The van der Waals surface area contributed by atoms with E-state index < -0.39 is 48.5 Å². The molecule has 0 N–H and O–H groups in total. The Morgan fingerprint density at radius 2 is 1.45 bits per heavy atom. The van der Waals surface area contributed by atoms with E-state index >= 15 is 0 Å². The molecule has 0 heterocycles. The molecule has 12 heteroatoms. The van der Waals surface area contributed by atoms with Gasteiger partial charge in [-0.3, -0.25) is 0 Å². The molecule has 3 nitrogen and oxygen atoms in total. The van der Waals surface area contributed by atoms with E-state index in [1.54, 1.807) is 0 Å². The maximum Gasteiger partial charge on any atom is 0.460 e. The van der Waals surface area contributed by atoms with Crippen molar-refractivity contribution in [2.75, 3.05) is 6.61 Å². The molecule has 22 heavy (non-hydrogen) atoms. The van der Waals surface area contributed by atoms with Crippen molar-refractivity contribution in [1.82, 2.24) is 0 Å². The van der Waals surface area contributed by atoms with E-state index in [0.717, 1.165) is 6.07 Å². The van der Waals surface area contributed by atoms with Gasteiger partial charge in [-0.05, 0) is 0 Å². The second kappa shape index (κ2) is 6.05. The highest BCUT2D eigenvalue weighted by Gasteiger charge is 2.81. The van der Waals surface area contributed by atoms with Crippen LogP contribution in [0.15, 0.2) is 12.2 Å². The van der Waals surface area contributed by atoms with Gasteiger partial charge in [0.05, 0.1) is 13.0 Å². The van der Waals surface area contributed by atoms with Crippen LogP contribution in [0.5, 0.6) is 0 Å². The topological polar surface area (TPSA) is 50.1 Å². The van der Waals surface area contributed by atoms with Gasteiger partial charge in [-0.2, -0.15) is 44.8 Å². The number of rotatable bonds is 6. The van der Waals surface area contributed by atoms with Gasteiger partial charge in [0.25, 0.3) is 0 Å². The molecule has 0 aromatic heterocycles. The van der Waals surface area contributed by atoms with Gasteiger partial charge in [0.15, 0.2) is 0 Å². The average Bonchev–Trinajstić information content (AvgIpc) is 2.35. The molecular weight excluding hydrogens is 337 g/mol. The Labute approximate surface area is 116 Å². The van der Waals surface area contributed by atoms with Crippen LogP contribution in [0, 0.1) is 11.3 Å². The number of nitrogens with zero attached hydrogens (tertiary/aromatic N) is 1. The summed E-state index contributed by atoms with van der Waals surface area (Å²) >= 11 is 0. The van der Waals surface area contributed by atoms with Crippen molar-refractivity contribution < 1.29 is 49.0 Å². The lowest BCUT2D eigenvalue weighted by molar-refractivity contribution is -0.397. The lowest BCUT2D eigenvalue weighted by Gasteiger charge is -2.33. The first-order valence-corrected chi connectivity index (χ1v) is 5.08. The fourth-order valence-corrected chi connectivity index (χ4v) is 0.969. The lowest BCUT2D eigenvalue weighted by atomic mass is 10.0. The van der Waals surface area contributed by atoms with E-state index in [0.29, 0.717) is 0 Å². The molecule has 0 fully saturated rings. The van der Waals surface area contributed by atoms with E-state index in [1.807, 2.05) is 0 Å². The third-order valence-corrected chi connectivity index (χ3v) is 2.24. The summed E-state index contributed by atoms with van der Waals surface area (Å²) in [5.41, 5.74) is -0.907. The molecule has 0 aliphatic rings. The first-order chi connectivity index (χ1) is 9.62. The zero-order valence-electron chi connectivity index (χ0n) is 10.3. The van der Waals surface area contributed by atoms with Crippen LogP contribution in [0.1, 0.15) is 6.42 Å². The summed E-state index contributed by atoms with van der Waals surface area (Å²) in [5.74, 6) is -21.2. The monoisotopic (exact) mass is 343 g/mol. The number of nitriles is 1. The maximum absolute atomic E-state index is 13.0. The van der Waals surface area contributed by atoms with Crippen molar-refractivity contribution in [1.29, 1.82) is 5.26 Å². The van der Waals surface area contributed by atoms with Crippen molar-refractivity contribution in [2.24, 2.45) is 0 Å². The SMILES string of the molecule is C=C(C#N)C(=O)OCCC(F)(F)C(F)(F)C(F)(F)C(F)(F)F. The van der Waals surface area contributed by atoms with E-state index in [1.165, 1.54) is 0 Å². The van der Waals surface area contributed by atoms with Crippen LogP contribution >= 0.6 is 0 Å². The zero-order chi connectivity index (χ0) is 18.0. The number of esters is 1. The van der Waals surface area contributed by atoms with Crippen LogP contribution in [-0.2, 0) is 9.53 Å². The van der Waals surface area contributed by atoms with Crippen molar-refractivity contribution in [3.05, 3.63) is 12.2 Å². The molecule has 0 aliphatic carbocycles. The quantitative estimate of drug-likeness (QED) is 0.321. The van der Waals surface area contributed by atoms with Gasteiger partial charge in [0.2, 0.25) is 0 Å². The molecule has 0 rings (SSSR count). The molecular formula is C10H6F9NO2. The normalized spacial score (nSPS) is 13.5. The summed E-state index contributed by atoms with van der Waals surface area (Å²) in [7, 11) is 0. The zero-order valence-corrected chi connectivity index (χ0v) is 10.3. The molecule has 0 aromatic rings. The summed E-state index contributed by atoms with van der Waals surface area (Å²) in [6.45, 7) is 1.14. The molecule has 0 unspecified atom stereocenters. The van der Waals surface area contributed by atoms with E-state index in [2.05, 4.69) is 11.3 Å². The summed E-state index contributed by atoms with van der Waals surface area (Å²) < 4.78 is 116. The summed E-state index contributed by atoms with van der Waals surface area (Å²) in [6, 6.07) is 1.11. The predicted molar refractivity (Wildman–Crippen MR) is 51.2 cm³/mol. The van der Waals surface area contributed by atoms with Gasteiger partial charge in [0, 0.05) is 0 Å². The highest BCUT2D eigenvalue weighted by atomic mass is 19.4. The van der Waals surface area contributed by atoms with Gasteiger partial charge < -0.3 is 4.74 Å². The Morgan fingerprint density at radius 3 is 1.82 bits per heavy atom. The number of carbonyl (C=O) groups excluding carboxylic acids is 1. The summed E-state index contributed by atoms with van der Waals surface area (Å²) in [4.78, 5) is 10.8. The van der Waals surface area contributed by atoms with Crippen molar-refractivity contribution in [3.63, 3.8) is 0 Å². The molecule has 0 saturated carbocycles. The van der Waals surface area contributed by atoms with Gasteiger partial charge >= 0.3 is 29.9 Å². The van der Waals surface area contributed by atoms with E-state index in [-0.39, 0.29) is 0 Å². The highest BCUT2D eigenvalue weighted by Crippen LogP contribution is 2.53. The smallest absolute Gasteiger partial charge is 0.460 e. The largest absolute Gasteiger partial charge is 0.461 e. The van der Waals surface area contributed by atoms with Crippen LogP contribution in [0.25, 0.3) is 0 Å². The number of ether oxygens (including phenoxy) is 1. The van der Waals surface area contributed by atoms with E-state index in [9.17, 15) is 44.3 Å². The minimum absolute atomic E-state index is 0.907. The fraction of sp³-hybridized carbons (Fsp3) is 0.600. The molecule has 0 radical (unpaired) electrons. The molecule has 0 amide bonds. The van der Waals surface area contributed by atoms with Crippen LogP contribution in [-0.4, -0.2) is 36.5 Å². The fourth-order valence-electron chi connectivity index (χ4n) is 0.969. The average molecular weight is 343 g/mol. The third-order valence-electron chi connectivity index (χ3n) is 2.24. The predicted octanol–water partition coefficient (Wildman–Crippen LogP) is 3.47. The van der Waals surface area contributed by atoms with Crippen LogP contribution in [0.3, 0.4) is 0 Å². The molecule has 0 spiro atoms. The second-order valence-corrected chi connectivity index (χ2v) is 3.83. The van der Waals surface area contributed by atoms with Crippen LogP contribution in [0.4, 0.5) is 39.5 Å². The van der Waals surface area contributed by atoms with Crippen molar-refractivity contribution in [2.45, 2.75) is 30.4 Å². The summed E-state index contributed by atoms with van der Waals surface area (Å²) in [6.07, 6.45) is -9.23. The second-order valence-electron chi connectivity index (χ2n) is 3.83. The Hall–Kier alpha value is -1.93. The molecule has 0 bridgehead atoms. The minimum atomic E-state index is -7.00. The first kappa shape index (κ1) is 20.1.